The molecule has 0 amide bonds. The van der Waals surface area contributed by atoms with Crippen molar-refractivity contribution in [3.63, 3.8) is 0 Å². The molecule has 0 atom stereocenters. The minimum Gasteiger partial charge on any atom is -0.338 e. The van der Waals surface area contributed by atoms with Gasteiger partial charge in [0.1, 0.15) is 0 Å². The minimum absolute atomic E-state index is 0.0380. The molecule has 0 bridgehead atoms. The SMILES string of the molecule is CC(C)c1noc(CN2CCN(CCn3nc(C(C)(C)C)ccc3=O)CC2)n1. The number of hydrogen-bond acceptors (Lipinski definition) is 7. The van der Waals surface area contributed by atoms with Gasteiger partial charge in [-0.3, -0.25) is 14.6 Å². The van der Waals surface area contributed by atoms with Gasteiger partial charge in [0.05, 0.1) is 18.8 Å². The van der Waals surface area contributed by atoms with Crippen molar-refractivity contribution in [1.82, 2.24) is 29.7 Å². The van der Waals surface area contributed by atoms with E-state index in [1.807, 2.05) is 6.07 Å². The summed E-state index contributed by atoms with van der Waals surface area (Å²) in [6.07, 6.45) is 0. The van der Waals surface area contributed by atoms with E-state index in [-0.39, 0.29) is 16.9 Å². The van der Waals surface area contributed by atoms with Crippen LogP contribution >= 0.6 is 0 Å². The summed E-state index contributed by atoms with van der Waals surface area (Å²) in [6.45, 7) is 16.4. The molecule has 2 aromatic rings. The van der Waals surface area contributed by atoms with E-state index in [1.54, 1.807) is 10.7 Å². The van der Waals surface area contributed by atoms with Crippen molar-refractivity contribution in [1.29, 1.82) is 0 Å². The first-order chi connectivity index (χ1) is 13.2. The fourth-order valence-electron chi connectivity index (χ4n) is 3.17. The Labute approximate surface area is 166 Å². The minimum atomic E-state index is -0.0642. The summed E-state index contributed by atoms with van der Waals surface area (Å²) in [5, 5.41) is 8.58. The fourth-order valence-corrected chi connectivity index (χ4v) is 3.17. The van der Waals surface area contributed by atoms with Crippen LogP contribution in [0.25, 0.3) is 0 Å². The summed E-state index contributed by atoms with van der Waals surface area (Å²) in [5.74, 6) is 1.74. The molecular weight excluding hydrogens is 356 g/mol. The van der Waals surface area contributed by atoms with Crippen molar-refractivity contribution in [3.05, 3.63) is 39.9 Å². The second-order valence-electron chi connectivity index (χ2n) is 8.85. The maximum absolute atomic E-state index is 12.1. The zero-order valence-electron chi connectivity index (χ0n) is 17.7. The highest BCUT2D eigenvalue weighted by molar-refractivity contribution is 5.10. The van der Waals surface area contributed by atoms with Gasteiger partial charge in [0, 0.05) is 50.1 Å². The molecule has 3 rings (SSSR count). The lowest BCUT2D eigenvalue weighted by molar-refractivity contribution is 0.113. The van der Waals surface area contributed by atoms with Crippen LogP contribution in [-0.4, -0.2) is 62.4 Å². The van der Waals surface area contributed by atoms with Gasteiger partial charge >= 0.3 is 0 Å². The molecule has 0 N–H and O–H groups in total. The molecule has 8 heteroatoms. The van der Waals surface area contributed by atoms with Crippen LogP contribution in [0.4, 0.5) is 0 Å². The number of rotatable bonds is 6. The van der Waals surface area contributed by atoms with Crippen molar-refractivity contribution in [3.8, 4) is 0 Å². The molecule has 0 unspecified atom stereocenters. The molecule has 1 aliphatic heterocycles. The van der Waals surface area contributed by atoms with Gasteiger partial charge in [-0.05, 0) is 6.07 Å². The zero-order chi connectivity index (χ0) is 20.3. The Balaban J connectivity index is 1.49. The van der Waals surface area contributed by atoms with Gasteiger partial charge in [-0.15, -0.1) is 0 Å². The fraction of sp³-hybridized carbons (Fsp3) is 0.700. The average molecular weight is 389 g/mol. The van der Waals surface area contributed by atoms with Crippen LogP contribution in [0.3, 0.4) is 0 Å². The summed E-state index contributed by atoms with van der Waals surface area (Å²) in [4.78, 5) is 21.3. The van der Waals surface area contributed by atoms with E-state index >= 15 is 0 Å². The lowest BCUT2D eigenvalue weighted by Gasteiger charge is -2.33. The largest absolute Gasteiger partial charge is 0.338 e. The summed E-state index contributed by atoms with van der Waals surface area (Å²) >= 11 is 0. The Hall–Kier alpha value is -2.06. The van der Waals surface area contributed by atoms with Crippen LogP contribution in [0.5, 0.6) is 0 Å². The van der Waals surface area contributed by atoms with Gasteiger partial charge in [0.2, 0.25) is 5.89 Å². The quantitative estimate of drug-likeness (QED) is 0.747. The Morgan fingerprint density at radius 3 is 2.36 bits per heavy atom. The lowest BCUT2D eigenvalue weighted by Crippen LogP contribution is -2.47. The zero-order valence-corrected chi connectivity index (χ0v) is 17.7. The lowest BCUT2D eigenvalue weighted by atomic mass is 9.92. The molecule has 0 aliphatic carbocycles. The van der Waals surface area contributed by atoms with Crippen molar-refractivity contribution >= 4 is 0 Å². The predicted octanol–water partition coefficient (Wildman–Crippen LogP) is 1.87. The van der Waals surface area contributed by atoms with E-state index in [4.69, 9.17) is 4.52 Å². The van der Waals surface area contributed by atoms with Crippen LogP contribution in [0.1, 0.15) is 57.9 Å². The molecule has 1 saturated heterocycles. The summed E-state index contributed by atoms with van der Waals surface area (Å²) in [6, 6.07) is 3.46. The molecule has 1 aliphatic rings. The number of nitrogens with zero attached hydrogens (tertiary/aromatic N) is 6. The molecular formula is C20H32N6O2. The van der Waals surface area contributed by atoms with Crippen LogP contribution in [-0.2, 0) is 18.5 Å². The van der Waals surface area contributed by atoms with E-state index in [1.165, 1.54) is 0 Å². The van der Waals surface area contributed by atoms with Crippen LogP contribution in [0, 0.1) is 0 Å². The average Bonchev–Trinajstić information content (AvgIpc) is 3.10. The van der Waals surface area contributed by atoms with E-state index in [0.29, 0.717) is 19.0 Å². The van der Waals surface area contributed by atoms with Crippen LogP contribution in [0.15, 0.2) is 21.5 Å². The highest BCUT2D eigenvalue weighted by Crippen LogP contribution is 2.18. The molecule has 0 radical (unpaired) electrons. The highest BCUT2D eigenvalue weighted by atomic mass is 16.5. The van der Waals surface area contributed by atoms with Gasteiger partial charge in [-0.1, -0.05) is 39.8 Å². The van der Waals surface area contributed by atoms with Gasteiger partial charge in [0.25, 0.3) is 5.56 Å². The highest BCUT2D eigenvalue weighted by Gasteiger charge is 2.20. The van der Waals surface area contributed by atoms with Crippen molar-refractivity contribution < 1.29 is 4.52 Å². The van der Waals surface area contributed by atoms with Gasteiger partial charge in [0.15, 0.2) is 5.82 Å². The third-order valence-corrected chi connectivity index (χ3v) is 5.09. The summed E-state index contributed by atoms with van der Waals surface area (Å²) in [5.41, 5.74) is 0.840. The molecule has 28 heavy (non-hydrogen) atoms. The van der Waals surface area contributed by atoms with E-state index < -0.39 is 0 Å². The standard InChI is InChI=1S/C20H32N6O2/c1-15(2)19-21-17(28-23-19)14-25-10-8-24(9-11-25)12-13-26-18(27)7-6-16(22-26)20(3,4)5/h6-7,15H,8-14H2,1-5H3. The van der Waals surface area contributed by atoms with E-state index in [0.717, 1.165) is 44.2 Å². The molecule has 1 fully saturated rings. The van der Waals surface area contributed by atoms with E-state index in [9.17, 15) is 4.79 Å². The van der Waals surface area contributed by atoms with Crippen molar-refractivity contribution in [2.24, 2.45) is 0 Å². The molecule has 0 spiro atoms. The maximum Gasteiger partial charge on any atom is 0.266 e. The second-order valence-corrected chi connectivity index (χ2v) is 8.85. The van der Waals surface area contributed by atoms with Crippen molar-refractivity contribution in [2.45, 2.75) is 59.0 Å². The normalized spacial score (nSPS) is 16.8. The Morgan fingerprint density at radius 1 is 1.07 bits per heavy atom. The number of hydrogen-bond donors (Lipinski definition) is 0. The topological polar surface area (TPSA) is 80.3 Å². The Bertz CT molecular complexity index is 828. The third kappa shape index (κ3) is 5.26. The first-order valence-electron chi connectivity index (χ1n) is 10.1. The van der Waals surface area contributed by atoms with Crippen LogP contribution in [0.2, 0.25) is 0 Å². The molecule has 0 saturated carbocycles. The summed E-state index contributed by atoms with van der Waals surface area (Å²) in [7, 11) is 0. The van der Waals surface area contributed by atoms with Gasteiger partial charge in [-0.2, -0.15) is 10.1 Å². The Morgan fingerprint density at radius 2 is 1.75 bits per heavy atom. The maximum atomic E-state index is 12.1. The number of piperazine rings is 1. The first kappa shape index (κ1) is 20.7. The Kier molecular flexibility index (Phi) is 6.30. The van der Waals surface area contributed by atoms with Crippen molar-refractivity contribution in [2.75, 3.05) is 32.7 Å². The predicted molar refractivity (Wildman–Crippen MR) is 107 cm³/mol. The van der Waals surface area contributed by atoms with Crippen LogP contribution < -0.4 is 5.56 Å². The second kappa shape index (κ2) is 8.53. The van der Waals surface area contributed by atoms with Gasteiger partial charge < -0.3 is 4.52 Å². The smallest absolute Gasteiger partial charge is 0.266 e. The van der Waals surface area contributed by atoms with Gasteiger partial charge in [-0.25, -0.2) is 4.68 Å². The monoisotopic (exact) mass is 388 g/mol. The molecule has 154 valence electrons. The molecule has 2 aromatic heterocycles. The first-order valence-corrected chi connectivity index (χ1v) is 10.1. The number of aromatic nitrogens is 4. The third-order valence-electron chi connectivity index (χ3n) is 5.09. The molecule has 3 heterocycles. The molecule has 0 aromatic carbocycles. The molecule has 8 nitrogen and oxygen atoms in total. The summed E-state index contributed by atoms with van der Waals surface area (Å²) < 4.78 is 6.95. The van der Waals surface area contributed by atoms with E-state index in [2.05, 4.69) is 59.7 Å².